The highest BCUT2D eigenvalue weighted by molar-refractivity contribution is 7.90. The number of nitrogens with one attached hydrogen (secondary N) is 1. The second-order valence-electron chi connectivity index (χ2n) is 6.70. The lowest BCUT2D eigenvalue weighted by Crippen LogP contribution is -2.13. The highest BCUT2D eigenvalue weighted by Gasteiger charge is 2.22. The highest BCUT2D eigenvalue weighted by atomic mass is 35.5. The first-order valence-electron chi connectivity index (χ1n) is 8.21. The van der Waals surface area contributed by atoms with Gasteiger partial charge in [-0.2, -0.15) is 5.10 Å². The van der Waals surface area contributed by atoms with E-state index in [0.29, 0.717) is 44.2 Å². The van der Waals surface area contributed by atoms with E-state index < -0.39 is 15.7 Å². The standard InChI is InChI=1S/C17H19ClN4O3S2/c1-9(2)8-22-15(18)14(10(3)21-22)16(23)20-17-19-12-6-5-11(27(4,24)25)7-13(12)26-17/h5-7,9H,8H2,1-4H3,(H,19,20,23). The Bertz CT molecular complexity index is 1130. The third-order valence-corrected chi connectivity index (χ3v) is 6.27. The van der Waals surface area contributed by atoms with Crippen molar-refractivity contribution in [3.05, 3.63) is 34.6 Å². The summed E-state index contributed by atoms with van der Waals surface area (Å²) in [7, 11) is -3.31. The first-order valence-corrected chi connectivity index (χ1v) is 11.3. The maximum atomic E-state index is 12.7. The fraction of sp³-hybridized carbons (Fsp3) is 0.353. The molecule has 10 heteroatoms. The van der Waals surface area contributed by atoms with Crippen LogP contribution in [-0.4, -0.2) is 35.3 Å². The summed E-state index contributed by atoms with van der Waals surface area (Å²) in [6.45, 7) is 6.43. The molecule has 2 aromatic heterocycles. The molecule has 3 aromatic rings. The van der Waals surface area contributed by atoms with Crippen LogP contribution in [0.4, 0.5) is 5.13 Å². The van der Waals surface area contributed by atoms with Crippen LogP contribution >= 0.6 is 22.9 Å². The van der Waals surface area contributed by atoms with E-state index >= 15 is 0 Å². The Balaban J connectivity index is 1.89. The van der Waals surface area contributed by atoms with Gasteiger partial charge in [-0.25, -0.2) is 13.4 Å². The van der Waals surface area contributed by atoms with E-state index in [4.69, 9.17) is 11.6 Å². The molecule has 0 radical (unpaired) electrons. The Hall–Kier alpha value is -1.97. The molecule has 0 spiro atoms. The molecule has 0 fully saturated rings. The Morgan fingerprint density at radius 1 is 1.37 bits per heavy atom. The number of hydrogen-bond acceptors (Lipinski definition) is 6. The van der Waals surface area contributed by atoms with Gasteiger partial charge in [-0.1, -0.05) is 36.8 Å². The van der Waals surface area contributed by atoms with Gasteiger partial charge in [-0.05, 0) is 31.0 Å². The molecule has 144 valence electrons. The number of thiazole rings is 1. The number of aromatic nitrogens is 3. The van der Waals surface area contributed by atoms with Gasteiger partial charge in [0.2, 0.25) is 0 Å². The number of rotatable bonds is 5. The Labute approximate surface area is 166 Å². The molecule has 0 saturated carbocycles. The maximum absolute atomic E-state index is 12.7. The van der Waals surface area contributed by atoms with Crippen LogP contribution in [0.15, 0.2) is 23.1 Å². The van der Waals surface area contributed by atoms with Gasteiger partial charge in [0.05, 0.1) is 26.4 Å². The maximum Gasteiger partial charge on any atom is 0.262 e. The van der Waals surface area contributed by atoms with Crippen molar-refractivity contribution in [2.75, 3.05) is 11.6 Å². The number of benzene rings is 1. The topological polar surface area (TPSA) is 93.9 Å². The molecule has 1 N–H and O–H groups in total. The smallest absolute Gasteiger partial charge is 0.262 e. The molecule has 1 aromatic carbocycles. The molecular weight excluding hydrogens is 408 g/mol. The molecule has 3 rings (SSSR count). The number of hydrogen-bond donors (Lipinski definition) is 1. The van der Waals surface area contributed by atoms with Gasteiger partial charge < -0.3 is 0 Å². The molecule has 0 atom stereocenters. The van der Waals surface area contributed by atoms with Crippen molar-refractivity contribution in [1.29, 1.82) is 0 Å². The van der Waals surface area contributed by atoms with Gasteiger partial charge in [0.25, 0.3) is 5.91 Å². The highest BCUT2D eigenvalue weighted by Crippen LogP contribution is 2.29. The zero-order chi connectivity index (χ0) is 19.9. The second kappa shape index (κ2) is 7.21. The summed E-state index contributed by atoms with van der Waals surface area (Å²) < 4.78 is 25.7. The van der Waals surface area contributed by atoms with Gasteiger partial charge in [0, 0.05) is 12.8 Å². The van der Waals surface area contributed by atoms with Crippen LogP contribution < -0.4 is 5.32 Å². The summed E-state index contributed by atoms with van der Waals surface area (Å²) in [5.74, 6) is -0.0547. The minimum Gasteiger partial charge on any atom is -0.298 e. The van der Waals surface area contributed by atoms with Crippen molar-refractivity contribution in [2.45, 2.75) is 32.2 Å². The van der Waals surface area contributed by atoms with E-state index in [-0.39, 0.29) is 4.90 Å². The van der Waals surface area contributed by atoms with Gasteiger partial charge >= 0.3 is 0 Å². The van der Waals surface area contributed by atoms with Crippen molar-refractivity contribution < 1.29 is 13.2 Å². The number of carbonyl (C=O) groups is 1. The van der Waals surface area contributed by atoms with Crippen LogP contribution in [0.2, 0.25) is 5.15 Å². The van der Waals surface area contributed by atoms with Crippen molar-refractivity contribution in [3.63, 3.8) is 0 Å². The number of carbonyl (C=O) groups excluding carboxylic acids is 1. The summed E-state index contributed by atoms with van der Waals surface area (Å²) >= 11 is 7.54. The van der Waals surface area contributed by atoms with Crippen LogP contribution in [0.1, 0.15) is 29.9 Å². The fourth-order valence-electron chi connectivity index (χ4n) is 2.63. The Morgan fingerprint density at radius 2 is 2.07 bits per heavy atom. The SMILES string of the molecule is Cc1nn(CC(C)C)c(Cl)c1C(=O)Nc1nc2ccc(S(C)(=O)=O)cc2s1. The lowest BCUT2D eigenvalue weighted by Gasteiger charge is -2.06. The Kier molecular flexibility index (Phi) is 5.29. The molecule has 0 aliphatic rings. The van der Waals surface area contributed by atoms with Gasteiger partial charge in [0.15, 0.2) is 15.0 Å². The monoisotopic (exact) mass is 426 g/mol. The zero-order valence-corrected chi connectivity index (χ0v) is 17.7. The van der Waals surface area contributed by atoms with Crippen LogP contribution in [0, 0.1) is 12.8 Å². The van der Waals surface area contributed by atoms with Crippen LogP contribution in [-0.2, 0) is 16.4 Å². The first-order chi connectivity index (χ1) is 12.6. The van der Waals surface area contributed by atoms with Crippen LogP contribution in [0.25, 0.3) is 10.2 Å². The summed E-state index contributed by atoms with van der Waals surface area (Å²) in [5, 5.41) is 7.73. The molecule has 0 unspecified atom stereocenters. The predicted molar refractivity (Wildman–Crippen MR) is 107 cm³/mol. The van der Waals surface area contributed by atoms with E-state index in [1.54, 1.807) is 23.7 Å². The average molecular weight is 427 g/mol. The minimum atomic E-state index is -3.31. The molecule has 7 nitrogen and oxygen atoms in total. The number of anilines is 1. The number of amides is 1. The van der Waals surface area contributed by atoms with Gasteiger partial charge in [-0.15, -0.1) is 0 Å². The third kappa shape index (κ3) is 4.15. The summed E-state index contributed by atoms with van der Waals surface area (Å²) in [6.07, 6.45) is 1.15. The molecule has 2 heterocycles. The van der Waals surface area contributed by atoms with Gasteiger partial charge in [0.1, 0.15) is 5.15 Å². The predicted octanol–water partition coefficient (Wildman–Crippen LogP) is 3.77. The van der Waals surface area contributed by atoms with Crippen LogP contribution in [0.5, 0.6) is 0 Å². The van der Waals surface area contributed by atoms with Gasteiger partial charge in [-0.3, -0.25) is 14.8 Å². The molecule has 27 heavy (non-hydrogen) atoms. The zero-order valence-electron chi connectivity index (χ0n) is 15.3. The summed E-state index contributed by atoms with van der Waals surface area (Å²) in [6, 6.07) is 4.67. The van der Waals surface area contributed by atoms with E-state index in [9.17, 15) is 13.2 Å². The van der Waals surface area contributed by atoms with E-state index in [1.807, 2.05) is 13.8 Å². The second-order valence-corrected chi connectivity index (χ2v) is 10.1. The average Bonchev–Trinajstić information content (AvgIpc) is 3.05. The van der Waals surface area contributed by atoms with Crippen molar-refractivity contribution in [3.8, 4) is 0 Å². The summed E-state index contributed by atoms with van der Waals surface area (Å²) in [5.41, 5.74) is 1.47. The fourth-order valence-corrected chi connectivity index (χ4v) is 4.58. The first kappa shape index (κ1) is 19.8. The third-order valence-electron chi connectivity index (χ3n) is 3.84. The Morgan fingerprint density at radius 3 is 2.70 bits per heavy atom. The lowest BCUT2D eigenvalue weighted by molar-refractivity contribution is 0.102. The number of halogens is 1. The minimum absolute atomic E-state index is 0.213. The van der Waals surface area contributed by atoms with Crippen molar-refractivity contribution >= 4 is 54.0 Å². The molecular formula is C17H19ClN4O3S2. The normalized spacial score (nSPS) is 12.1. The molecule has 0 aliphatic heterocycles. The van der Waals surface area contributed by atoms with Crippen molar-refractivity contribution in [2.24, 2.45) is 5.92 Å². The molecule has 0 aliphatic carbocycles. The molecule has 0 saturated heterocycles. The van der Waals surface area contributed by atoms with E-state index in [0.717, 1.165) is 6.26 Å². The largest absolute Gasteiger partial charge is 0.298 e. The van der Waals surface area contributed by atoms with E-state index in [2.05, 4.69) is 15.4 Å². The quantitative estimate of drug-likeness (QED) is 0.670. The van der Waals surface area contributed by atoms with Crippen molar-refractivity contribution in [1.82, 2.24) is 14.8 Å². The number of sulfone groups is 1. The molecule has 1 amide bonds. The number of nitrogens with zero attached hydrogens (tertiary/aromatic N) is 3. The van der Waals surface area contributed by atoms with Crippen LogP contribution in [0.3, 0.4) is 0 Å². The summed E-state index contributed by atoms with van der Waals surface area (Å²) in [4.78, 5) is 17.2. The number of fused-ring (bicyclic) bond motifs is 1. The van der Waals surface area contributed by atoms with E-state index in [1.165, 1.54) is 17.4 Å². The molecule has 0 bridgehead atoms. The number of aryl methyl sites for hydroxylation is 1. The lowest BCUT2D eigenvalue weighted by atomic mass is 10.2.